The number of carbonyl (C=O) groups excluding carboxylic acids is 1. The van der Waals surface area contributed by atoms with Gasteiger partial charge in [-0.05, 0) is 17.7 Å². The second-order valence-corrected chi connectivity index (χ2v) is 2.71. The quantitative estimate of drug-likeness (QED) is 0.783. The Morgan fingerprint density at radius 2 is 2.14 bits per heavy atom. The van der Waals surface area contributed by atoms with Crippen LogP contribution in [0.3, 0.4) is 0 Å². The van der Waals surface area contributed by atoms with Crippen molar-refractivity contribution in [2.75, 3.05) is 5.73 Å². The van der Waals surface area contributed by atoms with Gasteiger partial charge >= 0.3 is 0 Å². The van der Waals surface area contributed by atoms with E-state index in [0.717, 1.165) is 6.07 Å². The van der Waals surface area contributed by atoms with Crippen LogP contribution in [-0.4, -0.2) is 10.2 Å². The van der Waals surface area contributed by atoms with Gasteiger partial charge in [-0.3, -0.25) is 4.79 Å². The summed E-state index contributed by atoms with van der Waals surface area (Å²) in [6, 6.07) is 0.802. The molecule has 76 valence electrons. The molecule has 0 amide bonds. The van der Waals surface area contributed by atoms with Gasteiger partial charge in [-0.25, -0.2) is 18.2 Å². The van der Waals surface area contributed by atoms with Crippen molar-refractivity contribution in [2.24, 2.45) is 0 Å². The lowest BCUT2D eigenvalue weighted by Gasteiger charge is -2.04. The molecular formula is C7H4ClF3N2O. The Bertz CT molecular complexity index is 383. The Hall–Kier alpha value is -1.30. The number of rotatable bonds is 2. The minimum Gasteiger partial charge on any atom is -0.384 e. The number of pyridine rings is 1. The molecule has 2 N–H and O–H groups in total. The van der Waals surface area contributed by atoms with Gasteiger partial charge in [-0.1, -0.05) is 0 Å². The number of hydrogen-bond acceptors (Lipinski definition) is 3. The van der Waals surface area contributed by atoms with Crippen LogP contribution in [0.4, 0.5) is 19.0 Å². The van der Waals surface area contributed by atoms with Crippen LogP contribution in [0.25, 0.3) is 0 Å². The first-order valence-corrected chi connectivity index (χ1v) is 3.75. The maximum absolute atomic E-state index is 13.1. The van der Waals surface area contributed by atoms with Crippen molar-refractivity contribution in [1.29, 1.82) is 0 Å². The summed E-state index contributed by atoms with van der Waals surface area (Å²) in [5, 5.41) is -1.20. The number of nitrogen functional groups attached to an aromatic ring is 1. The van der Waals surface area contributed by atoms with Crippen LogP contribution in [0.5, 0.6) is 0 Å². The second kappa shape index (κ2) is 3.83. The Morgan fingerprint density at radius 1 is 1.57 bits per heavy atom. The zero-order chi connectivity index (χ0) is 10.9. The number of halogens is 4. The zero-order valence-electron chi connectivity index (χ0n) is 6.60. The summed E-state index contributed by atoms with van der Waals surface area (Å²) in [5.74, 6) is -1.82. The minimum atomic E-state index is -3.15. The standard InChI is InChI=1S/C7H4ClF3N2O/c8-6(14)2-1-3(12)13-5(4(2)9)7(10)11/h1,7H,(H2,12,13). The molecule has 0 bridgehead atoms. The second-order valence-electron chi connectivity index (χ2n) is 2.37. The summed E-state index contributed by atoms with van der Waals surface area (Å²) in [6.07, 6.45) is -3.15. The number of aromatic nitrogens is 1. The molecule has 0 atom stereocenters. The Kier molecular flexibility index (Phi) is 2.95. The van der Waals surface area contributed by atoms with Crippen LogP contribution in [-0.2, 0) is 0 Å². The Morgan fingerprint density at radius 3 is 2.57 bits per heavy atom. The first-order chi connectivity index (χ1) is 6.43. The fraction of sp³-hybridized carbons (Fsp3) is 0.143. The average molecular weight is 225 g/mol. The lowest BCUT2D eigenvalue weighted by atomic mass is 10.2. The number of carbonyl (C=O) groups is 1. The molecule has 0 saturated heterocycles. The van der Waals surface area contributed by atoms with Crippen molar-refractivity contribution in [3.63, 3.8) is 0 Å². The van der Waals surface area contributed by atoms with Crippen LogP contribution in [0, 0.1) is 5.82 Å². The third kappa shape index (κ3) is 1.95. The molecule has 0 aliphatic rings. The maximum atomic E-state index is 13.1. The summed E-state index contributed by atoms with van der Waals surface area (Å²) in [6.45, 7) is 0. The van der Waals surface area contributed by atoms with Gasteiger partial charge in [0.05, 0.1) is 5.56 Å². The van der Waals surface area contributed by atoms with Gasteiger partial charge in [0, 0.05) is 0 Å². The van der Waals surface area contributed by atoms with E-state index in [1.54, 1.807) is 0 Å². The molecule has 0 aromatic carbocycles. The smallest absolute Gasteiger partial charge is 0.283 e. The molecule has 1 aromatic heterocycles. The minimum absolute atomic E-state index is 0.384. The highest BCUT2D eigenvalue weighted by Crippen LogP contribution is 2.24. The first kappa shape index (κ1) is 10.8. The highest BCUT2D eigenvalue weighted by atomic mass is 35.5. The number of alkyl halides is 2. The normalized spacial score (nSPS) is 10.6. The van der Waals surface area contributed by atoms with E-state index in [1.165, 1.54) is 0 Å². The highest BCUT2D eigenvalue weighted by Gasteiger charge is 2.22. The van der Waals surface area contributed by atoms with E-state index in [1.807, 2.05) is 0 Å². The molecule has 14 heavy (non-hydrogen) atoms. The molecule has 0 radical (unpaired) electrons. The molecule has 0 aliphatic heterocycles. The summed E-state index contributed by atoms with van der Waals surface area (Å²) < 4.78 is 37.3. The molecule has 0 aliphatic carbocycles. The van der Waals surface area contributed by atoms with Crippen molar-refractivity contribution in [1.82, 2.24) is 4.98 Å². The number of hydrogen-bond donors (Lipinski definition) is 1. The Labute approximate surface area is 81.7 Å². The first-order valence-electron chi connectivity index (χ1n) is 3.37. The van der Waals surface area contributed by atoms with E-state index in [4.69, 9.17) is 17.3 Å². The fourth-order valence-electron chi connectivity index (χ4n) is 0.857. The van der Waals surface area contributed by atoms with Gasteiger partial charge < -0.3 is 5.73 Å². The monoisotopic (exact) mass is 224 g/mol. The van der Waals surface area contributed by atoms with Gasteiger partial charge in [0.2, 0.25) is 0 Å². The van der Waals surface area contributed by atoms with Gasteiger partial charge in [-0.2, -0.15) is 0 Å². The van der Waals surface area contributed by atoms with Gasteiger partial charge in [0.25, 0.3) is 11.7 Å². The number of nitrogens with two attached hydrogens (primary N) is 1. The van der Waals surface area contributed by atoms with Crippen LogP contribution in [0.1, 0.15) is 22.5 Å². The molecule has 7 heteroatoms. The molecule has 0 unspecified atom stereocenters. The van der Waals surface area contributed by atoms with Crippen molar-refractivity contribution in [3.05, 3.63) is 23.1 Å². The molecular weight excluding hydrogens is 221 g/mol. The largest absolute Gasteiger partial charge is 0.384 e. The molecule has 0 saturated carbocycles. The molecule has 0 fully saturated rings. The third-order valence-electron chi connectivity index (χ3n) is 1.42. The van der Waals surface area contributed by atoms with E-state index in [9.17, 15) is 18.0 Å². The highest BCUT2D eigenvalue weighted by molar-refractivity contribution is 6.67. The van der Waals surface area contributed by atoms with Crippen LogP contribution < -0.4 is 5.73 Å². The van der Waals surface area contributed by atoms with Gasteiger partial charge in [0.15, 0.2) is 5.82 Å². The fourth-order valence-corrected chi connectivity index (χ4v) is 0.995. The van der Waals surface area contributed by atoms with E-state index < -0.39 is 28.7 Å². The van der Waals surface area contributed by atoms with Gasteiger partial charge in [0.1, 0.15) is 11.5 Å². The summed E-state index contributed by atoms with van der Waals surface area (Å²) in [7, 11) is 0. The van der Waals surface area contributed by atoms with E-state index in [0.29, 0.717) is 0 Å². The lowest BCUT2D eigenvalue weighted by Crippen LogP contribution is -2.06. The summed E-state index contributed by atoms with van der Waals surface area (Å²) in [5.41, 5.74) is 3.21. The maximum Gasteiger partial charge on any atom is 0.283 e. The Balaban J connectivity index is 3.40. The molecule has 1 heterocycles. The summed E-state index contributed by atoms with van der Waals surface area (Å²) >= 11 is 4.95. The van der Waals surface area contributed by atoms with Crippen molar-refractivity contribution in [3.8, 4) is 0 Å². The SMILES string of the molecule is Nc1cc(C(=O)Cl)c(F)c(C(F)F)n1. The number of nitrogens with zero attached hydrogens (tertiary/aromatic N) is 1. The van der Waals surface area contributed by atoms with E-state index >= 15 is 0 Å². The van der Waals surface area contributed by atoms with Crippen LogP contribution >= 0.6 is 11.6 Å². The predicted octanol–water partition coefficient (Wildman–Crippen LogP) is 2.12. The van der Waals surface area contributed by atoms with Crippen LogP contribution in [0.15, 0.2) is 6.07 Å². The number of anilines is 1. The van der Waals surface area contributed by atoms with Crippen molar-refractivity contribution >= 4 is 22.7 Å². The van der Waals surface area contributed by atoms with E-state index in [2.05, 4.69) is 4.98 Å². The molecule has 1 aromatic rings. The van der Waals surface area contributed by atoms with Crippen molar-refractivity contribution < 1.29 is 18.0 Å². The van der Waals surface area contributed by atoms with Crippen molar-refractivity contribution in [2.45, 2.75) is 6.43 Å². The predicted molar refractivity (Wildman–Crippen MR) is 43.7 cm³/mol. The van der Waals surface area contributed by atoms with Crippen LogP contribution in [0.2, 0.25) is 0 Å². The average Bonchev–Trinajstić information content (AvgIpc) is 2.07. The molecule has 0 spiro atoms. The molecule has 3 nitrogen and oxygen atoms in total. The zero-order valence-corrected chi connectivity index (χ0v) is 7.36. The third-order valence-corrected chi connectivity index (χ3v) is 1.63. The van der Waals surface area contributed by atoms with Gasteiger partial charge in [-0.15, -0.1) is 0 Å². The summed E-state index contributed by atoms with van der Waals surface area (Å²) in [4.78, 5) is 13.6. The lowest BCUT2D eigenvalue weighted by molar-refractivity contribution is 0.107. The van der Waals surface area contributed by atoms with E-state index in [-0.39, 0.29) is 5.82 Å². The molecule has 1 rings (SSSR count). The topological polar surface area (TPSA) is 56.0 Å².